The van der Waals surface area contributed by atoms with Crippen LogP contribution < -0.4 is 0 Å². The van der Waals surface area contributed by atoms with Crippen molar-refractivity contribution in [1.82, 2.24) is 0 Å². The lowest BCUT2D eigenvalue weighted by molar-refractivity contribution is 0.923. The Hall–Kier alpha value is -1.30. The summed E-state index contributed by atoms with van der Waals surface area (Å²) in [4.78, 5) is 0. The molecule has 0 aromatic heterocycles. The summed E-state index contributed by atoms with van der Waals surface area (Å²) in [7, 11) is 0. The van der Waals surface area contributed by atoms with Gasteiger partial charge >= 0.3 is 0 Å². The fraction of sp³-hybridized carbons (Fsp3) is 0.286. The molecule has 0 spiro atoms. The highest BCUT2D eigenvalue weighted by atomic mass is 14.0. The third-order valence-electron chi connectivity index (χ3n) is 2.70. The van der Waals surface area contributed by atoms with Crippen LogP contribution in [0.4, 0.5) is 0 Å². The first-order chi connectivity index (χ1) is 6.81. The van der Waals surface area contributed by atoms with E-state index >= 15 is 0 Å². The first-order valence-electron chi connectivity index (χ1n) is 5.29. The van der Waals surface area contributed by atoms with Crippen molar-refractivity contribution in [3.05, 3.63) is 47.5 Å². The maximum Gasteiger partial charge on any atom is -0.0152 e. The number of benzene rings is 2. The van der Waals surface area contributed by atoms with Gasteiger partial charge in [-0.2, -0.15) is 0 Å². The average molecular weight is 184 g/mol. The van der Waals surface area contributed by atoms with Crippen molar-refractivity contribution < 1.29 is 0 Å². The zero-order chi connectivity index (χ0) is 9.97. The van der Waals surface area contributed by atoms with Crippen molar-refractivity contribution in [2.45, 2.75) is 26.7 Å². The Kier molecular flexibility index (Phi) is 2.53. The lowest BCUT2D eigenvalue weighted by Crippen LogP contribution is -1.84. The maximum absolute atomic E-state index is 2.33. The first kappa shape index (κ1) is 9.26. The van der Waals surface area contributed by atoms with Gasteiger partial charge in [-0.1, -0.05) is 49.7 Å². The van der Waals surface area contributed by atoms with Gasteiger partial charge in [-0.25, -0.2) is 0 Å². The molecule has 0 radical (unpaired) electrons. The second-order valence-corrected chi connectivity index (χ2v) is 3.88. The highest BCUT2D eigenvalue weighted by molar-refractivity contribution is 5.86. The summed E-state index contributed by atoms with van der Waals surface area (Å²) >= 11 is 0. The summed E-state index contributed by atoms with van der Waals surface area (Å²) < 4.78 is 0. The number of hydrogen-bond acceptors (Lipinski definition) is 0. The van der Waals surface area contributed by atoms with Gasteiger partial charge < -0.3 is 0 Å². The normalized spacial score (nSPS) is 10.7. The van der Waals surface area contributed by atoms with Crippen LogP contribution in [0.25, 0.3) is 10.8 Å². The van der Waals surface area contributed by atoms with E-state index in [1.54, 1.807) is 0 Å². The topological polar surface area (TPSA) is 0 Å². The van der Waals surface area contributed by atoms with Crippen LogP contribution in [0.5, 0.6) is 0 Å². The van der Waals surface area contributed by atoms with E-state index in [0.717, 1.165) is 0 Å². The molecule has 2 aromatic carbocycles. The molecular formula is C14H16. The Labute approximate surface area is 85.6 Å². The Balaban J connectivity index is 2.58. The molecule has 2 rings (SSSR count). The van der Waals surface area contributed by atoms with Gasteiger partial charge in [0.1, 0.15) is 0 Å². The molecule has 0 aliphatic rings. The summed E-state index contributed by atoms with van der Waals surface area (Å²) in [5.74, 6) is 0. The third kappa shape index (κ3) is 1.65. The van der Waals surface area contributed by atoms with Crippen LogP contribution in [-0.4, -0.2) is 0 Å². The fourth-order valence-electron chi connectivity index (χ4n) is 1.92. The summed E-state index contributed by atoms with van der Waals surface area (Å²) in [6.07, 6.45) is 2.40. The Bertz CT molecular complexity index is 441. The highest BCUT2D eigenvalue weighted by Crippen LogP contribution is 2.20. The molecule has 0 amide bonds. The molecule has 0 heterocycles. The zero-order valence-electron chi connectivity index (χ0n) is 8.88. The van der Waals surface area contributed by atoms with Crippen LogP contribution in [-0.2, 0) is 6.42 Å². The van der Waals surface area contributed by atoms with Crippen molar-refractivity contribution in [1.29, 1.82) is 0 Å². The molecule has 0 bridgehead atoms. The van der Waals surface area contributed by atoms with Gasteiger partial charge in [-0.3, -0.25) is 0 Å². The van der Waals surface area contributed by atoms with Gasteiger partial charge in [-0.15, -0.1) is 0 Å². The van der Waals surface area contributed by atoms with Gasteiger partial charge in [0.05, 0.1) is 0 Å². The van der Waals surface area contributed by atoms with Gasteiger partial charge in [0.2, 0.25) is 0 Å². The largest absolute Gasteiger partial charge is 0.0651 e. The molecule has 0 N–H and O–H groups in total. The smallest absolute Gasteiger partial charge is 0.0152 e. The second kappa shape index (κ2) is 3.83. The van der Waals surface area contributed by atoms with E-state index in [9.17, 15) is 0 Å². The average Bonchev–Trinajstić information content (AvgIpc) is 2.20. The van der Waals surface area contributed by atoms with Crippen molar-refractivity contribution in [2.75, 3.05) is 0 Å². The molecule has 0 nitrogen and oxygen atoms in total. The Morgan fingerprint density at radius 2 is 1.93 bits per heavy atom. The molecule has 0 saturated heterocycles. The minimum absolute atomic E-state index is 1.18. The lowest BCUT2D eigenvalue weighted by atomic mass is 10.0. The Morgan fingerprint density at radius 1 is 1.07 bits per heavy atom. The van der Waals surface area contributed by atoms with E-state index in [0.29, 0.717) is 0 Å². The van der Waals surface area contributed by atoms with E-state index in [4.69, 9.17) is 0 Å². The fourth-order valence-corrected chi connectivity index (χ4v) is 1.92. The summed E-state index contributed by atoms with van der Waals surface area (Å²) in [5, 5.41) is 2.75. The van der Waals surface area contributed by atoms with E-state index in [2.05, 4.69) is 50.2 Å². The number of rotatable bonds is 2. The lowest BCUT2D eigenvalue weighted by Gasteiger charge is -2.04. The molecule has 0 aliphatic heterocycles. The van der Waals surface area contributed by atoms with Crippen molar-refractivity contribution in [3.8, 4) is 0 Å². The van der Waals surface area contributed by atoms with Gasteiger partial charge in [-0.05, 0) is 35.2 Å². The molecule has 0 fully saturated rings. The predicted octanol–water partition coefficient (Wildman–Crippen LogP) is 4.10. The van der Waals surface area contributed by atoms with Crippen LogP contribution in [0.1, 0.15) is 24.5 Å². The highest BCUT2D eigenvalue weighted by Gasteiger charge is 1.97. The Morgan fingerprint density at radius 3 is 2.71 bits per heavy atom. The molecule has 72 valence electrons. The third-order valence-corrected chi connectivity index (χ3v) is 2.70. The minimum Gasteiger partial charge on any atom is -0.0651 e. The maximum atomic E-state index is 2.33. The number of fused-ring (bicyclic) bond motifs is 1. The molecular weight excluding hydrogens is 168 g/mol. The zero-order valence-corrected chi connectivity index (χ0v) is 8.88. The SMILES string of the molecule is CCCc1ccc2cccc(C)c2c1. The quantitative estimate of drug-likeness (QED) is 0.659. The summed E-state index contributed by atoms with van der Waals surface area (Å²) in [5.41, 5.74) is 2.83. The van der Waals surface area contributed by atoms with Gasteiger partial charge in [0.25, 0.3) is 0 Å². The molecule has 2 aromatic rings. The van der Waals surface area contributed by atoms with Crippen LogP contribution in [0, 0.1) is 6.92 Å². The van der Waals surface area contributed by atoms with Crippen LogP contribution in [0.3, 0.4) is 0 Å². The van der Waals surface area contributed by atoms with Crippen molar-refractivity contribution in [3.63, 3.8) is 0 Å². The summed E-state index contributed by atoms with van der Waals surface area (Å²) in [6, 6.07) is 13.3. The molecule has 0 unspecified atom stereocenters. The van der Waals surface area contributed by atoms with Crippen molar-refractivity contribution >= 4 is 10.8 Å². The number of hydrogen-bond donors (Lipinski definition) is 0. The standard InChI is InChI=1S/C14H16/c1-3-5-12-8-9-13-7-4-6-11(2)14(13)10-12/h4,6-10H,3,5H2,1-2H3. The van der Waals surface area contributed by atoms with E-state index in [1.165, 1.54) is 34.7 Å². The van der Waals surface area contributed by atoms with Gasteiger partial charge in [0.15, 0.2) is 0 Å². The van der Waals surface area contributed by atoms with Crippen LogP contribution in [0.2, 0.25) is 0 Å². The van der Waals surface area contributed by atoms with E-state index in [1.807, 2.05) is 0 Å². The molecule has 0 aliphatic carbocycles. The van der Waals surface area contributed by atoms with E-state index in [-0.39, 0.29) is 0 Å². The predicted molar refractivity (Wildman–Crippen MR) is 62.7 cm³/mol. The summed E-state index contributed by atoms with van der Waals surface area (Å²) in [6.45, 7) is 4.40. The molecule has 0 heteroatoms. The monoisotopic (exact) mass is 184 g/mol. The first-order valence-corrected chi connectivity index (χ1v) is 5.29. The molecule has 0 saturated carbocycles. The van der Waals surface area contributed by atoms with Gasteiger partial charge in [0, 0.05) is 0 Å². The van der Waals surface area contributed by atoms with Crippen molar-refractivity contribution in [2.24, 2.45) is 0 Å². The van der Waals surface area contributed by atoms with E-state index < -0.39 is 0 Å². The molecule has 0 atom stereocenters. The second-order valence-electron chi connectivity index (χ2n) is 3.88. The number of aryl methyl sites for hydroxylation is 2. The minimum atomic E-state index is 1.18. The van der Waals surface area contributed by atoms with Crippen LogP contribution >= 0.6 is 0 Å². The molecule has 14 heavy (non-hydrogen) atoms. The van der Waals surface area contributed by atoms with Crippen LogP contribution in [0.15, 0.2) is 36.4 Å².